The highest BCUT2D eigenvalue weighted by molar-refractivity contribution is 6.60. The minimum Gasteiger partial charge on any atom is -0.448 e. The average molecular weight is 956 g/mol. The molecule has 25 heteroatoms. The Hall–Kier alpha value is -2.06. The summed E-state index contributed by atoms with van der Waals surface area (Å²) in [5.74, 6) is 0. The Kier molecular flexibility index (Phi) is 29.9. The average Bonchev–Trinajstić information content (AvgIpc) is 3.22. The fourth-order valence-corrected chi connectivity index (χ4v) is 11.4. The molecule has 2 bridgehead atoms. The lowest BCUT2D eigenvalue weighted by molar-refractivity contribution is -0.0818. The number of rotatable bonds is 29. The summed E-state index contributed by atoms with van der Waals surface area (Å²) in [4.78, 5) is 46.1. The molecule has 3 N–H and O–H groups in total. The zero-order valence-corrected chi connectivity index (χ0v) is 41.4. The summed E-state index contributed by atoms with van der Waals surface area (Å²) in [6.45, 7) is 17.1. The number of hydrogen-bond donors (Lipinski definition) is 3. The number of nitrogens with one attached hydrogen (secondary N) is 3. The smallest absolute Gasteiger partial charge is 0.448 e. The number of amides is 3. The molecule has 0 aromatic carbocycles. The van der Waals surface area contributed by atoms with Crippen molar-refractivity contribution in [1.82, 2.24) is 35.6 Å². The van der Waals surface area contributed by atoms with Crippen LogP contribution in [0.5, 0.6) is 0 Å². The summed E-state index contributed by atoms with van der Waals surface area (Å²) in [5, 5.41) is 8.41. The third-order valence-electron chi connectivity index (χ3n) is 10.7. The summed E-state index contributed by atoms with van der Waals surface area (Å²) < 4.78 is 67.8. The van der Waals surface area contributed by atoms with Gasteiger partial charge in [-0.3, -0.25) is 19.6 Å². The highest BCUT2D eigenvalue weighted by Gasteiger charge is 2.43. The second-order valence-corrected chi connectivity index (χ2v) is 21.2. The highest BCUT2D eigenvalue weighted by atomic mass is 28.4. The van der Waals surface area contributed by atoms with Gasteiger partial charge in [-0.25, -0.2) is 14.4 Å². The minimum atomic E-state index is -2.76. The van der Waals surface area contributed by atoms with Crippen molar-refractivity contribution in [3.05, 3.63) is 0 Å². The molecule has 5 aliphatic rings. The normalized spacial score (nSPS) is 22.1. The molecule has 5 heterocycles. The van der Waals surface area contributed by atoms with Gasteiger partial charge in [0.2, 0.25) is 0 Å². The van der Waals surface area contributed by atoms with Crippen LogP contribution < -0.4 is 16.0 Å². The van der Waals surface area contributed by atoms with Crippen LogP contribution in [0.15, 0.2) is 0 Å². The Morgan fingerprint density at radius 2 is 0.921 bits per heavy atom. The number of alkyl carbamates (subject to hydrolysis) is 3. The molecule has 22 nitrogen and oxygen atoms in total. The number of fused-ring (bicyclic) bond motifs is 6. The van der Waals surface area contributed by atoms with Gasteiger partial charge in [0, 0.05) is 117 Å². The lowest BCUT2D eigenvalue weighted by atomic mass is 10.4. The molecule has 0 radical (unpaired) electrons. The van der Waals surface area contributed by atoms with Crippen molar-refractivity contribution < 1.29 is 69.7 Å². The van der Waals surface area contributed by atoms with E-state index in [0.29, 0.717) is 125 Å². The van der Waals surface area contributed by atoms with E-state index >= 15 is 0 Å². The lowest BCUT2D eigenvalue weighted by Crippen LogP contribution is -2.55. The molecule has 0 unspecified atom stereocenters. The molecule has 0 atom stereocenters. The maximum Gasteiger partial charge on any atom is 0.501 e. The maximum absolute atomic E-state index is 12.5. The molecule has 5 aliphatic heterocycles. The minimum absolute atomic E-state index is 0.0917. The van der Waals surface area contributed by atoms with Gasteiger partial charge in [-0.2, -0.15) is 0 Å². The van der Waals surface area contributed by atoms with E-state index in [-0.39, 0.29) is 19.8 Å². The highest BCUT2D eigenvalue weighted by Crippen LogP contribution is 2.21. The molecule has 3 amide bonds. The van der Waals surface area contributed by atoms with Crippen molar-refractivity contribution in [2.45, 2.75) is 37.4 Å². The Bertz CT molecular complexity index is 1120. The van der Waals surface area contributed by atoms with Crippen molar-refractivity contribution in [2.24, 2.45) is 0 Å². The van der Waals surface area contributed by atoms with E-state index in [1.54, 1.807) is 0 Å². The van der Waals surface area contributed by atoms with Crippen LogP contribution in [0.1, 0.15) is 19.3 Å². The Labute approximate surface area is 379 Å². The molecule has 5 rings (SSSR count). The number of hydrogen-bond acceptors (Lipinski definition) is 19. The monoisotopic (exact) mass is 955 g/mol. The van der Waals surface area contributed by atoms with Crippen molar-refractivity contribution in [1.29, 1.82) is 0 Å². The summed E-state index contributed by atoms with van der Waals surface area (Å²) in [6, 6.07) is 2.51. The number of ether oxygens (including phenoxy) is 7. The van der Waals surface area contributed by atoms with Crippen LogP contribution in [0, 0.1) is 0 Å². The van der Waals surface area contributed by atoms with Gasteiger partial charge in [-0.1, -0.05) is 0 Å². The fourth-order valence-electron chi connectivity index (χ4n) is 6.88. The molecule has 0 spiro atoms. The van der Waals surface area contributed by atoms with E-state index in [1.807, 2.05) is 4.90 Å². The Morgan fingerprint density at radius 1 is 0.524 bits per heavy atom. The SMILES string of the molecule is O=C(NCCC[SiH2]OCCN1CCOCOCC1)OCCN(CCOC(=O)NCCC[SiH2]OCCN1CCOCOCC1)CCOC(=O)NCCC[Si]12OCCN(CCO1)CCO2. The Balaban J connectivity index is 1.05. The first kappa shape index (κ1) is 53.6. The summed E-state index contributed by atoms with van der Waals surface area (Å²) >= 11 is 0. The number of carbonyl (C=O) groups is 3. The zero-order valence-electron chi connectivity index (χ0n) is 37.6. The summed E-state index contributed by atoms with van der Waals surface area (Å²) in [5.41, 5.74) is 0. The van der Waals surface area contributed by atoms with E-state index in [1.165, 1.54) is 0 Å². The van der Waals surface area contributed by atoms with Gasteiger partial charge in [0.15, 0.2) is 19.5 Å². The topological polar surface area (TPSA) is 211 Å². The molecular weight excluding hydrogens is 879 g/mol. The van der Waals surface area contributed by atoms with E-state index in [9.17, 15) is 14.4 Å². The van der Waals surface area contributed by atoms with Crippen molar-refractivity contribution in [3.8, 4) is 0 Å². The van der Waals surface area contributed by atoms with E-state index in [0.717, 1.165) is 83.8 Å². The molecule has 0 saturated carbocycles. The first-order chi connectivity index (χ1) is 31.0. The van der Waals surface area contributed by atoms with Crippen molar-refractivity contribution >= 4 is 46.6 Å². The van der Waals surface area contributed by atoms with Crippen LogP contribution in [0.2, 0.25) is 18.1 Å². The van der Waals surface area contributed by atoms with Gasteiger partial charge in [0.05, 0.1) is 46.2 Å². The van der Waals surface area contributed by atoms with Crippen LogP contribution in [0.25, 0.3) is 0 Å². The van der Waals surface area contributed by atoms with Gasteiger partial charge in [-0.15, -0.1) is 0 Å². The number of nitrogens with zero attached hydrogens (tertiary/aromatic N) is 4. The Morgan fingerprint density at radius 3 is 1.33 bits per heavy atom. The lowest BCUT2D eigenvalue weighted by Gasteiger charge is -2.38. The molecular formula is C38H77N7O15Si3. The van der Waals surface area contributed by atoms with Crippen LogP contribution in [-0.2, 0) is 55.3 Å². The maximum atomic E-state index is 12.5. The first-order valence-corrected chi connectivity index (χ1v) is 28.1. The summed E-state index contributed by atoms with van der Waals surface area (Å²) in [7, 11) is -4.11. The van der Waals surface area contributed by atoms with Gasteiger partial charge in [0.25, 0.3) is 0 Å². The third kappa shape index (κ3) is 26.6. The van der Waals surface area contributed by atoms with E-state index < -0.39 is 46.6 Å². The molecule has 63 heavy (non-hydrogen) atoms. The molecule has 366 valence electrons. The van der Waals surface area contributed by atoms with E-state index in [2.05, 4.69) is 30.7 Å². The largest absolute Gasteiger partial charge is 0.501 e. The van der Waals surface area contributed by atoms with Crippen LogP contribution in [0.4, 0.5) is 14.4 Å². The fraction of sp³-hybridized carbons (Fsp3) is 0.921. The summed E-state index contributed by atoms with van der Waals surface area (Å²) in [6.07, 6.45) is 0.737. The predicted octanol–water partition coefficient (Wildman–Crippen LogP) is -1.39. The van der Waals surface area contributed by atoms with Crippen molar-refractivity contribution in [2.75, 3.05) is 191 Å². The van der Waals surface area contributed by atoms with Crippen LogP contribution >= 0.6 is 0 Å². The van der Waals surface area contributed by atoms with Crippen LogP contribution in [0.3, 0.4) is 0 Å². The zero-order chi connectivity index (χ0) is 44.3. The molecule has 5 fully saturated rings. The molecule has 0 aromatic rings. The molecule has 0 aliphatic carbocycles. The second kappa shape index (κ2) is 35.2. The van der Waals surface area contributed by atoms with Crippen molar-refractivity contribution in [3.63, 3.8) is 0 Å². The first-order valence-electron chi connectivity index (χ1n) is 23.0. The number of carbonyl (C=O) groups excluding carboxylic acids is 3. The van der Waals surface area contributed by atoms with Gasteiger partial charge in [-0.05, 0) is 31.4 Å². The quantitative estimate of drug-likeness (QED) is 0.0448. The van der Waals surface area contributed by atoms with Gasteiger partial charge in [0.1, 0.15) is 33.4 Å². The molecule has 0 aromatic heterocycles. The van der Waals surface area contributed by atoms with Gasteiger partial charge >= 0.3 is 27.1 Å². The van der Waals surface area contributed by atoms with Gasteiger partial charge < -0.3 is 71.2 Å². The standard InChI is InChI=1S/C38H77N7O15Si3/c46-36(39-4-1-31-61-56-26-14-42-7-19-49-34-50-20-8-42)53-23-11-44(12-24-54-37(47)40-5-2-32-62-57-27-15-43-9-21-51-35-52-22-10-43)13-25-55-38(48)41-6-3-33-63-58-28-16-45(17-29-59-63)18-30-60-63/h1-35,61-62H2,(H,39,46)(H,40,47)(H,41,48). The van der Waals surface area contributed by atoms with E-state index in [4.69, 9.17) is 55.3 Å². The van der Waals surface area contributed by atoms with Crippen LogP contribution in [-0.4, -0.2) is 257 Å². The second-order valence-electron chi connectivity index (χ2n) is 15.4. The third-order valence-corrected chi connectivity index (χ3v) is 16.3. The predicted molar refractivity (Wildman–Crippen MR) is 238 cm³/mol. The molecule has 5 saturated heterocycles.